The van der Waals surface area contributed by atoms with Gasteiger partial charge in [-0.25, -0.2) is 0 Å². The van der Waals surface area contributed by atoms with E-state index in [0.717, 1.165) is 19.5 Å². The summed E-state index contributed by atoms with van der Waals surface area (Å²) in [5, 5.41) is 15.4. The highest BCUT2D eigenvalue weighted by molar-refractivity contribution is 5.80. The number of amidine groups is 1. The predicted octanol–water partition coefficient (Wildman–Crippen LogP) is 1.22. The van der Waals surface area contributed by atoms with Crippen LogP contribution in [-0.4, -0.2) is 49.2 Å². The molecular formula is C14H28N4O. The first-order valence-corrected chi connectivity index (χ1v) is 7.33. The molecule has 4 N–H and O–H groups in total. The van der Waals surface area contributed by atoms with E-state index in [-0.39, 0.29) is 5.41 Å². The lowest BCUT2D eigenvalue weighted by Gasteiger charge is -2.38. The van der Waals surface area contributed by atoms with Crippen LogP contribution in [0.25, 0.3) is 0 Å². The first-order chi connectivity index (χ1) is 8.97. The van der Waals surface area contributed by atoms with Gasteiger partial charge in [-0.15, -0.1) is 0 Å². The van der Waals surface area contributed by atoms with Crippen molar-refractivity contribution in [2.24, 2.45) is 21.7 Å². The Hall–Kier alpha value is -0.810. The van der Waals surface area contributed by atoms with Crippen molar-refractivity contribution in [2.75, 3.05) is 33.2 Å². The molecule has 5 nitrogen and oxygen atoms in total. The second-order valence-electron chi connectivity index (χ2n) is 6.99. The van der Waals surface area contributed by atoms with E-state index in [4.69, 9.17) is 10.9 Å². The van der Waals surface area contributed by atoms with Crippen molar-refractivity contribution in [1.82, 2.24) is 10.2 Å². The minimum atomic E-state index is 0.262. The molecule has 0 atom stereocenters. The van der Waals surface area contributed by atoms with E-state index in [9.17, 15) is 0 Å². The van der Waals surface area contributed by atoms with Crippen molar-refractivity contribution in [1.29, 1.82) is 0 Å². The second kappa shape index (κ2) is 5.67. The van der Waals surface area contributed by atoms with Crippen molar-refractivity contribution in [3.05, 3.63) is 0 Å². The highest BCUT2D eigenvalue weighted by atomic mass is 16.4. The number of nitrogens with zero attached hydrogens (tertiary/aromatic N) is 2. The predicted molar refractivity (Wildman–Crippen MR) is 77.4 cm³/mol. The number of oxime groups is 1. The molecule has 5 heteroatoms. The average Bonchev–Trinajstić information content (AvgIpc) is 3.13. The van der Waals surface area contributed by atoms with Crippen molar-refractivity contribution >= 4 is 5.84 Å². The van der Waals surface area contributed by atoms with Crippen LogP contribution in [0.15, 0.2) is 5.16 Å². The molecule has 1 heterocycles. The summed E-state index contributed by atoms with van der Waals surface area (Å²) in [5.41, 5.74) is 6.31. The zero-order chi connectivity index (χ0) is 13.9. The van der Waals surface area contributed by atoms with Crippen molar-refractivity contribution < 1.29 is 5.21 Å². The number of rotatable bonds is 6. The summed E-state index contributed by atoms with van der Waals surface area (Å²) >= 11 is 0. The topological polar surface area (TPSA) is 73.9 Å². The van der Waals surface area contributed by atoms with Gasteiger partial charge in [0.2, 0.25) is 0 Å². The van der Waals surface area contributed by atoms with Crippen LogP contribution in [0.3, 0.4) is 0 Å². The molecule has 110 valence electrons. The van der Waals surface area contributed by atoms with Gasteiger partial charge in [0, 0.05) is 19.5 Å². The number of hydrogen-bond donors (Lipinski definition) is 3. The molecule has 0 aromatic rings. The summed E-state index contributed by atoms with van der Waals surface area (Å²) in [6.07, 6.45) is 5.63. The van der Waals surface area contributed by atoms with Gasteiger partial charge in [0.1, 0.15) is 5.84 Å². The third-order valence-electron chi connectivity index (χ3n) is 4.89. The van der Waals surface area contributed by atoms with E-state index < -0.39 is 0 Å². The maximum absolute atomic E-state index is 8.66. The van der Waals surface area contributed by atoms with Gasteiger partial charge in [-0.2, -0.15) is 0 Å². The lowest BCUT2D eigenvalue weighted by molar-refractivity contribution is 0.135. The van der Waals surface area contributed by atoms with E-state index >= 15 is 0 Å². The van der Waals surface area contributed by atoms with Gasteiger partial charge in [0.15, 0.2) is 0 Å². The number of nitrogens with two attached hydrogens (primary N) is 1. The molecule has 1 saturated carbocycles. The molecule has 2 rings (SSSR count). The Kier molecular flexibility index (Phi) is 4.36. The lowest BCUT2D eigenvalue weighted by atomic mass is 9.80. The molecule has 0 amide bonds. The molecule has 0 radical (unpaired) electrons. The quantitative estimate of drug-likeness (QED) is 0.293. The molecule has 0 unspecified atom stereocenters. The average molecular weight is 268 g/mol. The van der Waals surface area contributed by atoms with Gasteiger partial charge in [-0.05, 0) is 56.7 Å². The smallest absolute Gasteiger partial charge is 0.139 e. The van der Waals surface area contributed by atoms with Crippen LogP contribution in [-0.2, 0) is 0 Å². The minimum Gasteiger partial charge on any atom is -0.409 e. The first-order valence-electron chi connectivity index (χ1n) is 7.33. The summed E-state index contributed by atoms with van der Waals surface area (Å²) in [6, 6.07) is 0. The number of hydrogen-bond acceptors (Lipinski definition) is 4. The molecule has 0 aromatic carbocycles. The third-order valence-corrected chi connectivity index (χ3v) is 4.89. The SMILES string of the molecule is CN1CCC(C)(CNCC2(CC(N)=NO)CC2)CC1. The molecule has 19 heavy (non-hydrogen) atoms. The van der Waals surface area contributed by atoms with Crippen LogP contribution < -0.4 is 11.1 Å². The Balaban J connectivity index is 1.72. The van der Waals surface area contributed by atoms with E-state index in [0.29, 0.717) is 11.3 Å². The molecule has 0 spiro atoms. The van der Waals surface area contributed by atoms with Gasteiger partial charge >= 0.3 is 0 Å². The Morgan fingerprint density at radius 1 is 1.26 bits per heavy atom. The van der Waals surface area contributed by atoms with Gasteiger partial charge < -0.3 is 21.2 Å². The van der Waals surface area contributed by atoms with Gasteiger partial charge in [-0.1, -0.05) is 12.1 Å². The Labute approximate surface area is 116 Å². The van der Waals surface area contributed by atoms with Crippen molar-refractivity contribution in [3.63, 3.8) is 0 Å². The lowest BCUT2D eigenvalue weighted by Crippen LogP contribution is -2.43. The maximum atomic E-state index is 8.66. The summed E-state index contributed by atoms with van der Waals surface area (Å²) in [4.78, 5) is 2.41. The molecule has 1 saturated heterocycles. The standard InChI is InChI=1S/C14H28N4O/c1-13(5-7-18(2)8-6-13)10-16-11-14(3-4-14)9-12(15)17-19/h16,19H,3-11H2,1-2H3,(H2,15,17). The third kappa shape index (κ3) is 4.08. The summed E-state index contributed by atoms with van der Waals surface area (Å²) in [7, 11) is 2.20. The molecule has 2 fully saturated rings. The number of likely N-dealkylation sites (tertiary alicyclic amines) is 1. The normalized spacial score (nSPS) is 26.3. The van der Waals surface area contributed by atoms with Crippen LogP contribution >= 0.6 is 0 Å². The molecular weight excluding hydrogens is 240 g/mol. The fourth-order valence-electron chi connectivity index (χ4n) is 2.98. The fraction of sp³-hybridized carbons (Fsp3) is 0.929. The van der Waals surface area contributed by atoms with Crippen molar-refractivity contribution in [2.45, 2.75) is 39.0 Å². The van der Waals surface area contributed by atoms with Gasteiger partial charge in [0.05, 0.1) is 0 Å². The molecule has 0 aromatic heterocycles. The molecule has 0 bridgehead atoms. The second-order valence-corrected chi connectivity index (χ2v) is 6.99. The minimum absolute atomic E-state index is 0.262. The van der Waals surface area contributed by atoms with Gasteiger partial charge in [0.25, 0.3) is 0 Å². The zero-order valence-electron chi connectivity index (χ0n) is 12.3. The summed E-state index contributed by atoms with van der Waals surface area (Å²) in [6.45, 7) is 6.87. The molecule has 1 aliphatic heterocycles. The maximum Gasteiger partial charge on any atom is 0.139 e. The Morgan fingerprint density at radius 3 is 2.42 bits per heavy atom. The Bertz CT molecular complexity index is 330. The fourth-order valence-corrected chi connectivity index (χ4v) is 2.98. The summed E-state index contributed by atoms with van der Waals surface area (Å²) in [5.74, 6) is 0.366. The van der Waals surface area contributed by atoms with Crippen LogP contribution in [0.4, 0.5) is 0 Å². The van der Waals surface area contributed by atoms with E-state index in [1.807, 2.05) is 0 Å². The van der Waals surface area contributed by atoms with Gasteiger partial charge in [-0.3, -0.25) is 0 Å². The van der Waals surface area contributed by atoms with Crippen LogP contribution in [0.2, 0.25) is 0 Å². The van der Waals surface area contributed by atoms with E-state index in [2.05, 4.69) is 29.3 Å². The monoisotopic (exact) mass is 268 g/mol. The molecule has 1 aliphatic carbocycles. The Morgan fingerprint density at radius 2 is 1.89 bits per heavy atom. The van der Waals surface area contributed by atoms with E-state index in [1.54, 1.807) is 0 Å². The number of nitrogens with one attached hydrogen (secondary N) is 1. The highest BCUT2D eigenvalue weighted by Gasteiger charge is 2.43. The summed E-state index contributed by atoms with van der Waals surface area (Å²) < 4.78 is 0. The van der Waals surface area contributed by atoms with Crippen LogP contribution in [0.1, 0.15) is 39.0 Å². The highest BCUT2D eigenvalue weighted by Crippen LogP contribution is 2.48. The largest absolute Gasteiger partial charge is 0.409 e. The number of piperidine rings is 1. The van der Waals surface area contributed by atoms with Crippen LogP contribution in [0, 0.1) is 10.8 Å². The van der Waals surface area contributed by atoms with Crippen LogP contribution in [0.5, 0.6) is 0 Å². The van der Waals surface area contributed by atoms with Crippen molar-refractivity contribution in [3.8, 4) is 0 Å². The zero-order valence-corrected chi connectivity index (χ0v) is 12.3. The first kappa shape index (κ1) is 14.6. The van der Waals surface area contributed by atoms with E-state index in [1.165, 1.54) is 38.8 Å². The molecule has 2 aliphatic rings.